The van der Waals surface area contributed by atoms with Gasteiger partial charge in [-0.2, -0.15) is 0 Å². The van der Waals surface area contributed by atoms with Gasteiger partial charge in [0.25, 0.3) is 0 Å². The molecule has 0 aliphatic carbocycles. The molecule has 0 radical (unpaired) electrons. The van der Waals surface area contributed by atoms with Gasteiger partial charge in [-0.15, -0.1) is 6.58 Å². The molecule has 0 bridgehead atoms. The number of hydrogen-bond acceptors (Lipinski definition) is 0. The molecule has 98 valence electrons. The fourth-order valence-corrected chi connectivity index (χ4v) is 4.49. The minimum atomic E-state index is -1.29. The van der Waals surface area contributed by atoms with Gasteiger partial charge >= 0.3 is 0 Å². The van der Waals surface area contributed by atoms with Crippen LogP contribution in [-0.4, -0.2) is 16.9 Å². The summed E-state index contributed by atoms with van der Waals surface area (Å²) in [6.45, 7) is 15.7. The maximum absolute atomic E-state index is 3.88. The Kier molecular flexibility index (Phi) is 5.35. The molecule has 0 atom stereocenters. The Labute approximate surface area is 115 Å². The molecule has 0 aliphatic rings. The highest BCUT2D eigenvalue weighted by atomic mass is 28.3. The van der Waals surface area contributed by atoms with Gasteiger partial charge < -0.3 is 0 Å². The topological polar surface area (TPSA) is 0 Å². The van der Waals surface area contributed by atoms with Crippen LogP contribution in [-0.2, 0) is 0 Å². The molecular formula is C16H26Si2. The second-order valence-corrected chi connectivity index (χ2v) is 14.0. The van der Waals surface area contributed by atoms with Crippen molar-refractivity contribution in [1.82, 2.24) is 0 Å². The van der Waals surface area contributed by atoms with Gasteiger partial charge in [0.15, 0.2) is 0 Å². The summed E-state index contributed by atoms with van der Waals surface area (Å²) in [6, 6.07) is 10.3. The van der Waals surface area contributed by atoms with Crippen LogP contribution in [0.3, 0.4) is 0 Å². The van der Waals surface area contributed by atoms with Gasteiger partial charge in [-0.05, 0) is 18.5 Å². The van der Waals surface area contributed by atoms with Crippen LogP contribution in [0.2, 0.25) is 32.2 Å². The van der Waals surface area contributed by atoms with Crippen LogP contribution in [0.15, 0.2) is 42.1 Å². The molecule has 0 fully saturated rings. The number of rotatable bonds is 5. The highest BCUT2D eigenvalue weighted by Crippen LogP contribution is 2.13. The fourth-order valence-electron chi connectivity index (χ4n) is 1.94. The lowest BCUT2D eigenvalue weighted by Crippen LogP contribution is -2.40. The quantitative estimate of drug-likeness (QED) is 0.557. The summed E-state index contributed by atoms with van der Waals surface area (Å²) >= 11 is 0. The van der Waals surface area contributed by atoms with E-state index in [0.29, 0.717) is 0 Å². The Morgan fingerprint density at radius 3 is 2.22 bits per heavy atom. The van der Waals surface area contributed by atoms with Crippen molar-refractivity contribution in [3.8, 4) is 0 Å². The second-order valence-electron chi connectivity index (χ2n) is 6.04. The molecule has 0 aromatic heterocycles. The molecule has 0 saturated carbocycles. The minimum Gasteiger partial charge on any atom is -0.103 e. The third kappa shape index (κ3) is 4.11. The van der Waals surface area contributed by atoms with Gasteiger partial charge in [-0.3, -0.25) is 0 Å². The minimum absolute atomic E-state index is 0.635. The monoisotopic (exact) mass is 274 g/mol. The van der Waals surface area contributed by atoms with Crippen molar-refractivity contribution in [2.45, 2.75) is 39.2 Å². The average molecular weight is 275 g/mol. The Morgan fingerprint density at radius 1 is 1.22 bits per heavy atom. The van der Waals surface area contributed by atoms with Crippen LogP contribution in [0.5, 0.6) is 0 Å². The summed E-state index contributed by atoms with van der Waals surface area (Å²) in [5, 5.41) is 3.10. The lowest BCUT2D eigenvalue weighted by atomic mass is 10.2. The smallest absolute Gasteiger partial charge is 0.0843 e. The van der Waals surface area contributed by atoms with E-state index in [1.165, 1.54) is 10.8 Å². The van der Waals surface area contributed by atoms with Crippen LogP contribution in [0.1, 0.15) is 12.5 Å². The first-order valence-electron chi connectivity index (χ1n) is 6.76. The van der Waals surface area contributed by atoms with Gasteiger partial charge in [-0.1, -0.05) is 73.0 Å². The van der Waals surface area contributed by atoms with Gasteiger partial charge in [0.05, 0.1) is 16.9 Å². The predicted molar refractivity (Wildman–Crippen MR) is 91.1 cm³/mol. The van der Waals surface area contributed by atoms with E-state index in [1.54, 1.807) is 5.20 Å². The molecule has 0 aliphatic heterocycles. The zero-order valence-corrected chi connectivity index (χ0v) is 14.6. The molecule has 2 heteroatoms. The first-order valence-corrected chi connectivity index (χ1v) is 12.9. The van der Waals surface area contributed by atoms with Crippen molar-refractivity contribution < 1.29 is 0 Å². The van der Waals surface area contributed by atoms with Crippen molar-refractivity contribution in [3.05, 3.63) is 47.7 Å². The predicted octanol–water partition coefficient (Wildman–Crippen LogP) is 4.22. The zero-order valence-electron chi connectivity index (χ0n) is 12.5. The number of hydrogen-bond donors (Lipinski definition) is 0. The summed E-state index contributed by atoms with van der Waals surface area (Å²) in [6.07, 6.45) is 4.41. The Morgan fingerprint density at radius 2 is 1.78 bits per heavy atom. The van der Waals surface area contributed by atoms with E-state index in [0.717, 1.165) is 6.04 Å². The molecule has 0 unspecified atom stereocenters. The zero-order chi connectivity index (χ0) is 13.8. The molecule has 0 spiro atoms. The van der Waals surface area contributed by atoms with E-state index in [1.807, 2.05) is 0 Å². The summed E-state index contributed by atoms with van der Waals surface area (Å²) in [5.41, 5.74) is 1.35. The van der Waals surface area contributed by atoms with Gasteiger partial charge in [0.2, 0.25) is 0 Å². The second kappa shape index (κ2) is 6.34. The van der Waals surface area contributed by atoms with Crippen LogP contribution < -0.4 is 5.19 Å². The van der Waals surface area contributed by atoms with Gasteiger partial charge in [0, 0.05) is 0 Å². The van der Waals surface area contributed by atoms with E-state index >= 15 is 0 Å². The maximum atomic E-state index is 3.88. The first kappa shape index (κ1) is 15.2. The fraction of sp³-hybridized carbons (Fsp3) is 0.375. The Bertz CT molecular complexity index is 425. The molecular weight excluding hydrogens is 248 g/mol. The van der Waals surface area contributed by atoms with E-state index in [9.17, 15) is 0 Å². The molecule has 0 heterocycles. The summed E-state index contributed by atoms with van der Waals surface area (Å²) in [4.78, 5) is 0. The first-order chi connectivity index (χ1) is 8.36. The Hall–Kier alpha value is -0.866. The SMILES string of the molecule is C=CC[Si](C)(C)c1ccc(C=C(C)[SiH](C)C)cc1. The number of allylic oxidation sites excluding steroid dienone is 2. The third-order valence-electron chi connectivity index (χ3n) is 3.65. The van der Waals surface area contributed by atoms with Crippen molar-refractivity contribution >= 4 is 28.1 Å². The van der Waals surface area contributed by atoms with Gasteiger partial charge in [0.1, 0.15) is 0 Å². The molecule has 0 N–H and O–H groups in total. The highest BCUT2D eigenvalue weighted by molar-refractivity contribution is 6.90. The summed E-state index contributed by atoms with van der Waals surface area (Å²) in [5.74, 6) is 0. The molecule has 1 rings (SSSR count). The van der Waals surface area contributed by atoms with Crippen molar-refractivity contribution in [3.63, 3.8) is 0 Å². The standard InChI is InChI=1S/C16H26Si2/c1-7-12-18(5,6)16-10-8-15(9-11-16)13-14(2)17(3)4/h7-11,13,17H,1,12H2,2-6H3. The van der Waals surface area contributed by atoms with Crippen LogP contribution in [0, 0.1) is 0 Å². The van der Waals surface area contributed by atoms with Crippen LogP contribution >= 0.6 is 0 Å². The molecule has 0 saturated heterocycles. The number of benzene rings is 1. The van der Waals surface area contributed by atoms with Crippen LogP contribution in [0.4, 0.5) is 0 Å². The highest BCUT2D eigenvalue weighted by Gasteiger charge is 2.20. The average Bonchev–Trinajstić information content (AvgIpc) is 2.29. The van der Waals surface area contributed by atoms with Crippen molar-refractivity contribution in [2.75, 3.05) is 0 Å². The van der Waals surface area contributed by atoms with E-state index in [4.69, 9.17) is 0 Å². The van der Waals surface area contributed by atoms with E-state index < -0.39 is 16.9 Å². The van der Waals surface area contributed by atoms with Gasteiger partial charge in [-0.25, -0.2) is 0 Å². The van der Waals surface area contributed by atoms with Crippen molar-refractivity contribution in [1.29, 1.82) is 0 Å². The summed E-state index contributed by atoms with van der Waals surface area (Å²) in [7, 11) is -1.93. The Balaban J connectivity index is 2.93. The van der Waals surface area contributed by atoms with Crippen molar-refractivity contribution in [2.24, 2.45) is 0 Å². The largest absolute Gasteiger partial charge is 0.103 e. The lowest BCUT2D eigenvalue weighted by molar-refractivity contribution is 1.53. The molecule has 0 nitrogen and oxygen atoms in total. The normalized spacial score (nSPS) is 12.9. The summed E-state index contributed by atoms with van der Waals surface area (Å²) < 4.78 is 0. The maximum Gasteiger partial charge on any atom is 0.0843 e. The lowest BCUT2D eigenvalue weighted by Gasteiger charge is -2.21. The van der Waals surface area contributed by atoms with E-state index in [2.05, 4.69) is 76.1 Å². The molecule has 0 amide bonds. The van der Waals surface area contributed by atoms with Crippen LogP contribution in [0.25, 0.3) is 6.08 Å². The third-order valence-corrected chi connectivity index (χ3v) is 8.85. The molecule has 18 heavy (non-hydrogen) atoms. The van der Waals surface area contributed by atoms with E-state index in [-0.39, 0.29) is 0 Å². The molecule has 1 aromatic carbocycles. The molecule has 1 aromatic rings.